The molecule has 3 N–H and O–H groups in total. The second kappa shape index (κ2) is 5.03. The largest absolute Gasteiger partial charge is 0.393 e. The second-order valence-electron chi connectivity index (χ2n) is 4.50. The van der Waals surface area contributed by atoms with Crippen molar-refractivity contribution in [3.8, 4) is 0 Å². The van der Waals surface area contributed by atoms with E-state index in [1.807, 2.05) is 0 Å². The van der Waals surface area contributed by atoms with E-state index in [4.69, 9.17) is 11.1 Å². The first kappa shape index (κ1) is 13.3. The summed E-state index contributed by atoms with van der Waals surface area (Å²) < 4.78 is 37.6. The molecule has 1 aliphatic heterocycles. The first-order valence-electron chi connectivity index (χ1n) is 5.43. The molecule has 1 rings (SSSR count). The highest BCUT2D eigenvalue weighted by atomic mass is 19.4. The lowest BCUT2D eigenvalue weighted by molar-refractivity contribution is -0.186. The van der Waals surface area contributed by atoms with Crippen LogP contribution < -0.4 is 5.73 Å². The summed E-state index contributed by atoms with van der Waals surface area (Å²) in [5.41, 5.74) is 5.31. The molecule has 1 fully saturated rings. The Kier molecular flexibility index (Phi) is 4.18. The highest BCUT2D eigenvalue weighted by Gasteiger charge is 2.41. The van der Waals surface area contributed by atoms with E-state index in [0.717, 1.165) is 0 Å². The SMILES string of the molecule is CC(CN1CCCC(C(F)(F)F)C1)C(=N)N. The fourth-order valence-electron chi connectivity index (χ4n) is 1.97. The van der Waals surface area contributed by atoms with E-state index in [2.05, 4.69) is 0 Å². The number of rotatable bonds is 3. The maximum atomic E-state index is 12.5. The predicted molar refractivity (Wildman–Crippen MR) is 56.3 cm³/mol. The molecule has 0 amide bonds. The molecule has 6 heteroatoms. The van der Waals surface area contributed by atoms with Crippen molar-refractivity contribution in [3.05, 3.63) is 0 Å². The molecule has 0 radical (unpaired) electrons. The number of alkyl halides is 3. The lowest BCUT2D eigenvalue weighted by Crippen LogP contribution is -2.44. The Morgan fingerprint density at radius 1 is 1.56 bits per heavy atom. The molecule has 94 valence electrons. The van der Waals surface area contributed by atoms with E-state index in [0.29, 0.717) is 19.5 Å². The van der Waals surface area contributed by atoms with Crippen LogP contribution >= 0.6 is 0 Å². The molecule has 0 saturated carbocycles. The Morgan fingerprint density at radius 3 is 2.69 bits per heavy atom. The van der Waals surface area contributed by atoms with Crippen LogP contribution in [-0.2, 0) is 0 Å². The lowest BCUT2D eigenvalue weighted by atomic mass is 9.96. The zero-order valence-corrected chi connectivity index (χ0v) is 9.35. The van der Waals surface area contributed by atoms with Gasteiger partial charge in [0.25, 0.3) is 0 Å². The molecule has 16 heavy (non-hydrogen) atoms. The van der Waals surface area contributed by atoms with Gasteiger partial charge in [0.1, 0.15) is 0 Å². The summed E-state index contributed by atoms with van der Waals surface area (Å²) in [5.74, 6) is -1.36. The van der Waals surface area contributed by atoms with Gasteiger partial charge < -0.3 is 10.6 Å². The summed E-state index contributed by atoms with van der Waals surface area (Å²) in [7, 11) is 0. The van der Waals surface area contributed by atoms with Gasteiger partial charge in [-0.2, -0.15) is 13.2 Å². The number of halogens is 3. The molecule has 2 unspecified atom stereocenters. The number of nitrogens with one attached hydrogen (secondary N) is 1. The first-order valence-corrected chi connectivity index (χ1v) is 5.43. The normalized spacial score (nSPS) is 25.4. The quantitative estimate of drug-likeness (QED) is 0.581. The molecule has 0 aliphatic carbocycles. The Bertz CT molecular complexity index is 252. The molecule has 0 bridgehead atoms. The fraction of sp³-hybridized carbons (Fsp3) is 0.900. The molecule has 0 aromatic rings. The average molecular weight is 237 g/mol. The standard InChI is InChI=1S/C10H18F3N3/c1-7(9(14)15)5-16-4-2-3-8(6-16)10(11,12)13/h7-8H,2-6H2,1H3,(H3,14,15). The number of likely N-dealkylation sites (tertiary alicyclic amines) is 1. The number of nitrogens with zero attached hydrogens (tertiary/aromatic N) is 1. The maximum absolute atomic E-state index is 12.5. The van der Waals surface area contributed by atoms with Gasteiger partial charge in [-0.15, -0.1) is 0 Å². The van der Waals surface area contributed by atoms with Crippen molar-refractivity contribution in [2.45, 2.75) is 25.9 Å². The van der Waals surface area contributed by atoms with Gasteiger partial charge in [-0.25, -0.2) is 0 Å². The van der Waals surface area contributed by atoms with Crippen molar-refractivity contribution in [1.82, 2.24) is 4.90 Å². The van der Waals surface area contributed by atoms with E-state index in [1.54, 1.807) is 11.8 Å². The minimum absolute atomic E-state index is 0.0362. The molecular formula is C10H18F3N3. The summed E-state index contributed by atoms with van der Waals surface area (Å²) in [6.07, 6.45) is -3.32. The number of hydrogen-bond acceptors (Lipinski definition) is 2. The van der Waals surface area contributed by atoms with Gasteiger partial charge in [-0.05, 0) is 19.4 Å². The molecule has 0 aromatic heterocycles. The topological polar surface area (TPSA) is 53.1 Å². The summed E-state index contributed by atoms with van der Waals surface area (Å²) in [6.45, 7) is 2.92. The summed E-state index contributed by atoms with van der Waals surface area (Å²) >= 11 is 0. The van der Waals surface area contributed by atoms with Crippen molar-refractivity contribution >= 4 is 5.84 Å². The van der Waals surface area contributed by atoms with E-state index < -0.39 is 12.1 Å². The lowest BCUT2D eigenvalue weighted by Gasteiger charge is -2.34. The summed E-state index contributed by atoms with van der Waals surface area (Å²) in [4.78, 5) is 1.76. The van der Waals surface area contributed by atoms with Crippen LogP contribution in [0.4, 0.5) is 13.2 Å². The third-order valence-electron chi connectivity index (χ3n) is 3.03. The van der Waals surface area contributed by atoms with Crippen LogP contribution in [0, 0.1) is 17.2 Å². The number of amidine groups is 1. The van der Waals surface area contributed by atoms with Crippen LogP contribution in [0.5, 0.6) is 0 Å². The van der Waals surface area contributed by atoms with Crippen molar-refractivity contribution in [2.24, 2.45) is 17.6 Å². The van der Waals surface area contributed by atoms with Crippen LogP contribution in [-0.4, -0.2) is 36.5 Å². The summed E-state index contributed by atoms with van der Waals surface area (Å²) in [5, 5.41) is 7.22. The predicted octanol–water partition coefficient (Wildman–Crippen LogP) is 1.83. The Morgan fingerprint density at radius 2 is 2.19 bits per heavy atom. The maximum Gasteiger partial charge on any atom is 0.393 e. The van der Waals surface area contributed by atoms with Crippen LogP contribution in [0.2, 0.25) is 0 Å². The van der Waals surface area contributed by atoms with E-state index >= 15 is 0 Å². The van der Waals surface area contributed by atoms with Crippen molar-refractivity contribution in [2.75, 3.05) is 19.6 Å². The van der Waals surface area contributed by atoms with Gasteiger partial charge in [-0.1, -0.05) is 6.92 Å². The first-order chi connectivity index (χ1) is 7.30. The molecule has 0 spiro atoms. The zero-order valence-electron chi connectivity index (χ0n) is 9.35. The molecule has 2 atom stereocenters. The molecular weight excluding hydrogens is 219 g/mol. The average Bonchev–Trinajstić information content (AvgIpc) is 2.16. The van der Waals surface area contributed by atoms with Gasteiger partial charge in [0.05, 0.1) is 11.8 Å². The third kappa shape index (κ3) is 3.66. The van der Waals surface area contributed by atoms with E-state index in [9.17, 15) is 13.2 Å². The van der Waals surface area contributed by atoms with Crippen molar-refractivity contribution in [3.63, 3.8) is 0 Å². The van der Waals surface area contributed by atoms with E-state index in [-0.39, 0.29) is 24.7 Å². The van der Waals surface area contributed by atoms with Crippen LogP contribution in [0.15, 0.2) is 0 Å². The third-order valence-corrected chi connectivity index (χ3v) is 3.03. The molecule has 1 aliphatic rings. The van der Waals surface area contributed by atoms with Gasteiger partial charge >= 0.3 is 6.18 Å². The highest BCUT2D eigenvalue weighted by Crippen LogP contribution is 2.33. The van der Waals surface area contributed by atoms with E-state index in [1.165, 1.54) is 0 Å². The van der Waals surface area contributed by atoms with Crippen LogP contribution in [0.25, 0.3) is 0 Å². The van der Waals surface area contributed by atoms with Gasteiger partial charge in [-0.3, -0.25) is 5.41 Å². The number of piperidine rings is 1. The molecule has 1 heterocycles. The Hall–Kier alpha value is -0.780. The smallest absolute Gasteiger partial charge is 0.387 e. The Balaban J connectivity index is 2.48. The molecule has 0 aromatic carbocycles. The van der Waals surface area contributed by atoms with Crippen LogP contribution in [0.3, 0.4) is 0 Å². The minimum Gasteiger partial charge on any atom is -0.387 e. The number of hydrogen-bond donors (Lipinski definition) is 2. The van der Waals surface area contributed by atoms with Crippen LogP contribution in [0.1, 0.15) is 19.8 Å². The monoisotopic (exact) mass is 237 g/mol. The highest BCUT2D eigenvalue weighted by molar-refractivity contribution is 5.79. The van der Waals surface area contributed by atoms with Gasteiger partial charge in [0.15, 0.2) is 0 Å². The van der Waals surface area contributed by atoms with Gasteiger partial charge in [0.2, 0.25) is 0 Å². The molecule has 1 saturated heterocycles. The van der Waals surface area contributed by atoms with Gasteiger partial charge in [0, 0.05) is 19.0 Å². The van der Waals surface area contributed by atoms with Crippen molar-refractivity contribution in [1.29, 1.82) is 5.41 Å². The number of nitrogens with two attached hydrogens (primary N) is 1. The summed E-state index contributed by atoms with van der Waals surface area (Å²) in [6, 6.07) is 0. The second-order valence-corrected chi connectivity index (χ2v) is 4.50. The Labute approximate surface area is 93.3 Å². The molecule has 3 nitrogen and oxygen atoms in total. The minimum atomic E-state index is -4.10. The fourth-order valence-corrected chi connectivity index (χ4v) is 1.97. The zero-order chi connectivity index (χ0) is 12.3. The van der Waals surface area contributed by atoms with Crippen molar-refractivity contribution < 1.29 is 13.2 Å².